The Morgan fingerprint density at radius 3 is 2.55 bits per heavy atom. The number of allylic oxidation sites excluding steroid dienone is 2. The van der Waals surface area contributed by atoms with Crippen LogP contribution in [0.25, 0.3) is 22.2 Å². The van der Waals surface area contributed by atoms with Crippen molar-refractivity contribution in [3.8, 4) is 0 Å². The number of carbonyl (C=O) groups is 1. The van der Waals surface area contributed by atoms with Gasteiger partial charge in [-0.15, -0.1) is 0 Å². The number of nitrogen functional groups attached to an aromatic ring is 1. The molecular weight excluding hydrogens is 493 g/mol. The first-order chi connectivity index (χ1) is 18.4. The van der Waals surface area contributed by atoms with Gasteiger partial charge in [-0.2, -0.15) is 5.10 Å². The van der Waals surface area contributed by atoms with Crippen molar-refractivity contribution in [2.45, 2.75) is 25.3 Å². The monoisotopic (exact) mass is 523 g/mol. The second kappa shape index (κ2) is 11.2. The van der Waals surface area contributed by atoms with Crippen molar-refractivity contribution in [3.05, 3.63) is 102 Å². The number of hydrogen-bond donors (Lipinski definition) is 2. The van der Waals surface area contributed by atoms with E-state index >= 15 is 0 Å². The minimum absolute atomic E-state index is 0.158. The van der Waals surface area contributed by atoms with Crippen LogP contribution >= 0.6 is 11.6 Å². The SMILES string of the molecule is Bc1cnn(/C(=C\C(=C)c2ccccc2Cl)NC2CCN(C(=O)Cc3cccc4ccccc34)CC2)c1N. The summed E-state index contributed by atoms with van der Waals surface area (Å²) in [5, 5.41) is 11.0. The highest BCUT2D eigenvalue weighted by Crippen LogP contribution is 2.26. The maximum Gasteiger partial charge on any atom is 0.227 e. The first kappa shape index (κ1) is 25.7. The molecule has 1 aliphatic heterocycles. The van der Waals surface area contributed by atoms with Gasteiger partial charge in [-0.25, -0.2) is 4.68 Å². The number of anilines is 1. The zero-order valence-corrected chi connectivity index (χ0v) is 22.3. The Morgan fingerprint density at radius 2 is 1.82 bits per heavy atom. The molecule has 8 heteroatoms. The third-order valence-electron chi connectivity index (χ3n) is 7.18. The Labute approximate surface area is 229 Å². The molecule has 38 heavy (non-hydrogen) atoms. The topological polar surface area (TPSA) is 76.2 Å². The van der Waals surface area contributed by atoms with E-state index in [9.17, 15) is 4.79 Å². The summed E-state index contributed by atoms with van der Waals surface area (Å²) in [4.78, 5) is 15.2. The Bertz CT molecular complexity index is 1510. The molecule has 6 nitrogen and oxygen atoms in total. The van der Waals surface area contributed by atoms with E-state index in [2.05, 4.69) is 35.2 Å². The predicted octanol–water partition coefficient (Wildman–Crippen LogP) is 3.87. The summed E-state index contributed by atoms with van der Waals surface area (Å²) in [7, 11) is 1.93. The molecule has 3 N–H and O–H groups in total. The second-order valence-corrected chi connectivity index (χ2v) is 10.2. The highest BCUT2D eigenvalue weighted by atomic mass is 35.5. The molecule has 1 fully saturated rings. The Hall–Kier alpha value is -3.97. The number of benzene rings is 3. The number of nitrogens with two attached hydrogens (primary N) is 1. The second-order valence-electron chi connectivity index (χ2n) is 9.77. The largest absolute Gasteiger partial charge is 0.384 e. The lowest BCUT2D eigenvalue weighted by Gasteiger charge is -2.33. The number of piperidine rings is 1. The fourth-order valence-electron chi connectivity index (χ4n) is 4.96. The summed E-state index contributed by atoms with van der Waals surface area (Å²) in [5.41, 5.74) is 9.92. The van der Waals surface area contributed by atoms with E-state index in [0.717, 1.165) is 51.6 Å². The van der Waals surface area contributed by atoms with E-state index in [1.54, 1.807) is 10.9 Å². The summed E-state index contributed by atoms with van der Waals surface area (Å²) in [5.74, 6) is 1.47. The Kier molecular flexibility index (Phi) is 7.56. The zero-order chi connectivity index (χ0) is 26.6. The van der Waals surface area contributed by atoms with Gasteiger partial charge < -0.3 is 16.0 Å². The van der Waals surface area contributed by atoms with Crippen LogP contribution < -0.4 is 16.5 Å². The molecule has 0 aliphatic carbocycles. The van der Waals surface area contributed by atoms with Gasteiger partial charge in [0.25, 0.3) is 0 Å². The molecular formula is C30H31BClN5O. The Morgan fingerprint density at radius 1 is 1.11 bits per heavy atom. The van der Waals surface area contributed by atoms with Crippen LogP contribution in [0.5, 0.6) is 0 Å². The number of nitrogens with zero attached hydrogens (tertiary/aromatic N) is 3. The number of amides is 1. The van der Waals surface area contributed by atoms with Crippen LogP contribution in [0, 0.1) is 0 Å². The number of halogens is 1. The molecule has 1 saturated heterocycles. The fourth-order valence-corrected chi connectivity index (χ4v) is 5.22. The lowest BCUT2D eigenvalue weighted by molar-refractivity contribution is -0.131. The van der Waals surface area contributed by atoms with Crippen molar-refractivity contribution in [3.63, 3.8) is 0 Å². The van der Waals surface area contributed by atoms with Gasteiger partial charge in [-0.1, -0.05) is 78.8 Å². The van der Waals surface area contributed by atoms with Crippen LogP contribution in [0.15, 0.2) is 85.6 Å². The average molecular weight is 524 g/mol. The maximum atomic E-state index is 13.2. The minimum atomic E-state index is 0.158. The number of aromatic nitrogens is 2. The molecule has 4 aromatic rings. The van der Waals surface area contributed by atoms with Crippen molar-refractivity contribution in [2.75, 3.05) is 18.8 Å². The van der Waals surface area contributed by atoms with E-state index in [4.69, 9.17) is 17.3 Å². The summed E-state index contributed by atoms with van der Waals surface area (Å²) in [6, 6.07) is 22.1. The minimum Gasteiger partial charge on any atom is -0.384 e. The van der Waals surface area contributed by atoms with Crippen LogP contribution in [-0.2, 0) is 11.2 Å². The highest BCUT2D eigenvalue weighted by Gasteiger charge is 2.24. The average Bonchev–Trinajstić information content (AvgIpc) is 3.26. The number of hydrogen-bond acceptors (Lipinski definition) is 4. The molecule has 0 radical (unpaired) electrons. The van der Waals surface area contributed by atoms with Crippen molar-refractivity contribution < 1.29 is 4.79 Å². The molecule has 1 aromatic heterocycles. The molecule has 192 valence electrons. The van der Waals surface area contributed by atoms with E-state index < -0.39 is 0 Å². The lowest BCUT2D eigenvalue weighted by Crippen LogP contribution is -2.45. The summed E-state index contributed by atoms with van der Waals surface area (Å²) in [6.45, 7) is 5.62. The summed E-state index contributed by atoms with van der Waals surface area (Å²) < 4.78 is 1.70. The number of nitrogens with one attached hydrogen (secondary N) is 1. The molecule has 2 heterocycles. The standard InChI is InChI=1S/C30H31BClN5O/c1-20(24-10-4-5-12-27(24)32)17-28(37-30(33)26(31)19-34-37)35-23-13-15-36(16-14-23)29(38)18-22-9-6-8-21-7-2-3-11-25(21)22/h2-12,17,19,23,35H,1,13-16,18,31,33H2/b28-17-. The van der Waals surface area contributed by atoms with Gasteiger partial charge in [0.05, 0.1) is 6.42 Å². The van der Waals surface area contributed by atoms with Gasteiger partial charge in [-0.05, 0) is 57.9 Å². The maximum absolute atomic E-state index is 13.2. The number of fused-ring (bicyclic) bond motifs is 1. The molecule has 0 saturated carbocycles. The van der Waals surface area contributed by atoms with E-state index in [1.165, 1.54) is 0 Å². The van der Waals surface area contributed by atoms with E-state index in [0.29, 0.717) is 30.4 Å². The molecule has 0 unspecified atom stereocenters. The lowest BCUT2D eigenvalue weighted by atomic mass is 10.00. The molecule has 3 aromatic carbocycles. The molecule has 1 aliphatic rings. The Balaban J connectivity index is 1.28. The first-order valence-corrected chi connectivity index (χ1v) is 13.3. The van der Waals surface area contributed by atoms with E-state index in [1.807, 2.05) is 67.4 Å². The third kappa shape index (κ3) is 5.48. The summed E-state index contributed by atoms with van der Waals surface area (Å²) in [6.07, 6.45) is 5.72. The molecule has 0 bridgehead atoms. The van der Waals surface area contributed by atoms with Crippen LogP contribution in [0.4, 0.5) is 5.82 Å². The molecule has 1 amide bonds. The van der Waals surface area contributed by atoms with Gasteiger partial charge in [0.1, 0.15) is 19.5 Å². The van der Waals surface area contributed by atoms with Crippen LogP contribution in [0.3, 0.4) is 0 Å². The number of likely N-dealkylation sites (tertiary alicyclic amines) is 1. The van der Waals surface area contributed by atoms with Crippen LogP contribution in [0.2, 0.25) is 5.02 Å². The molecule has 0 spiro atoms. The number of rotatable bonds is 7. The van der Waals surface area contributed by atoms with Gasteiger partial charge in [0.15, 0.2) is 0 Å². The van der Waals surface area contributed by atoms with Crippen LogP contribution in [-0.4, -0.2) is 47.6 Å². The molecule has 5 rings (SSSR count). The van der Waals surface area contributed by atoms with Crippen molar-refractivity contribution in [2.24, 2.45) is 0 Å². The summed E-state index contributed by atoms with van der Waals surface area (Å²) >= 11 is 6.42. The van der Waals surface area contributed by atoms with Gasteiger partial charge >= 0.3 is 0 Å². The quantitative estimate of drug-likeness (QED) is 0.285. The van der Waals surface area contributed by atoms with Crippen molar-refractivity contribution in [1.29, 1.82) is 0 Å². The normalized spacial score (nSPS) is 14.6. The first-order valence-electron chi connectivity index (χ1n) is 12.9. The number of carbonyl (C=O) groups excluding carboxylic acids is 1. The van der Waals surface area contributed by atoms with Crippen molar-refractivity contribution >= 4 is 58.8 Å². The fraction of sp³-hybridized carbons (Fsp3) is 0.200. The highest BCUT2D eigenvalue weighted by molar-refractivity contribution is 6.35. The van der Waals surface area contributed by atoms with E-state index in [-0.39, 0.29) is 11.9 Å². The predicted molar refractivity (Wildman–Crippen MR) is 160 cm³/mol. The van der Waals surface area contributed by atoms with Gasteiger partial charge in [-0.3, -0.25) is 4.79 Å². The zero-order valence-electron chi connectivity index (χ0n) is 21.5. The third-order valence-corrected chi connectivity index (χ3v) is 7.51. The smallest absolute Gasteiger partial charge is 0.227 e. The van der Waals surface area contributed by atoms with Crippen molar-refractivity contribution in [1.82, 2.24) is 20.0 Å². The van der Waals surface area contributed by atoms with Gasteiger partial charge in [0.2, 0.25) is 5.91 Å². The molecule has 0 atom stereocenters. The van der Waals surface area contributed by atoms with Crippen LogP contribution in [0.1, 0.15) is 24.0 Å². The van der Waals surface area contributed by atoms with Gasteiger partial charge in [0, 0.05) is 30.4 Å².